The molecule has 2 heterocycles. The van der Waals surface area contributed by atoms with E-state index in [4.69, 9.17) is 11.6 Å². The Hall–Kier alpha value is -3.71. The molecule has 4 rings (SSSR count). The highest BCUT2D eigenvalue weighted by Gasteiger charge is 2.26. The molecule has 0 unspecified atom stereocenters. The lowest BCUT2D eigenvalue weighted by atomic mass is 10.1. The fourth-order valence-electron chi connectivity index (χ4n) is 3.47. The van der Waals surface area contributed by atoms with Crippen LogP contribution in [0.25, 0.3) is 11.4 Å². The Kier molecular flexibility index (Phi) is 5.44. The van der Waals surface area contributed by atoms with Gasteiger partial charge in [-0.2, -0.15) is 10.2 Å². The van der Waals surface area contributed by atoms with Crippen molar-refractivity contribution in [2.24, 2.45) is 0 Å². The zero-order valence-electron chi connectivity index (χ0n) is 17.3. The Bertz CT molecular complexity index is 1290. The number of para-hydroxylation sites is 1. The lowest BCUT2D eigenvalue weighted by molar-refractivity contribution is -0.112. The number of benzene rings is 2. The molecule has 0 atom stereocenters. The van der Waals surface area contributed by atoms with Crippen molar-refractivity contribution in [1.82, 2.24) is 19.6 Å². The first-order chi connectivity index (χ1) is 14.8. The van der Waals surface area contributed by atoms with Crippen LogP contribution in [0.4, 0.5) is 5.82 Å². The summed E-state index contributed by atoms with van der Waals surface area (Å²) in [4.78, 5) is 25.9. The van der Waals surface area contributed by atoms with E-state index in [0.717, 1.165) is 5.69 Å². The Morgan fingerprint density at radius 1 is 0.871 bits per heavy atom. The second-order valence-electron chi connectivity index (χ2n) is 7.14. The van der Waals surface area contributed by atoms with E-state index in [2.05, 4.69) is 15.5 Å². The van der Waals surface area contributed by atoms with Gasteiger partial charge in [-0.25, -0.2) is 9.36 Å². The summed E-state index contributed by atoms with van der Waals surface area (Å²) in [5.41, 5.74) is 3.55. The van der Waals surface area contributed by atoms with E-state index in [1.807, 2.05) is 36.4 Å². The minimum atomic E-state index is -0.762. The number of carbonyl (C=O) groups excluding carboxylic acids is 2. The maximum Gasteiger partial charge on any atom is 0.298 e. The molecule has 2 aromatic heterocycles. The van der Waals surface area contributed by atoms with Gasteiger partial charge in [-0.3, -0.25) is 9.59 Å². The first-order valence-electron chi connectivity index (χ1n) is 9.65. The summed E-state index contributed by atoms with van der Waals surface area (Å²) in [7, 11) is 0. The summed E-state index contributed by atoms with van der Waals surface area (Å²) in [6.45, 7) is 5.29. The van der Waals surface area contributed by atoms with Crippen molar-refractivity contribution >= 4 is 29.1 Å². The van der Waals surface area contributed by atoms with Crippen LogP contribution in [0.2, 0.25) is 5.02 Å². The standard InChI is InChI=1S/C23H20ClN5O2/c1-14-12-20(29(26-14)19-11-7-8-17(24)13-19)25-23(31)22(30)21-15(2)27-28(16(21)3)18-9-5-4-6-10-18/h4-13H,1-3H3,(H,25,31). The highest BCUT2D eigenvalue weighted by molar-refractivity contribution is 6.47. The van der Waals surface area contributed by atoms with Gasteiger partial charge in [0, 0.05) is 11.1 Å². The van der Waals surface area contributed by atoms with Crippen LogP contribution in [0, 0.1) is 20.8 Å². The summed E-state index contributed by atoms with van der Waals surface area (Å²) in [6.07, 6.45) is 0. The van der Waals surface area contributed by atoms with Gasteiger partial charge in [0.2, 0.25) is 0 Å². The van der Waals surface area contributed by atoms with Crippen molar-refractivity contribution in [3.05, 3.63) is 88.3 Å². The fourth-order valence-corrected chi connectivity index (χ4v) is 3.66. The van der Waals surface area contributed by atoms with Crippen LogP contribution >= 0.6 is 11.6 Å². The van der Waals surface area contributed by atoms with E-state index in [-0.39, 0.29) is 5.56 Å². The summed E-state index contributed by atoms with van der Waals surface area (Å²) in [5.74, 6) is -1.04. The minimum Gasteiger partial charge on any atom is -0.304 e. The molecule has 0 bridgehead atoms. The minimum absolute atomic E-state index is 0.284. The van der Waals surface area contributed by atoms with Crippen molar-refractivity contribution < 1.29 is 9.59 Å². The van der Waals surface area contributed by atoms with Gasteiger partial charge in [-0.1, -0.05) is 35.9 Å². The van der Waals surface area contributed by atoms with Crippen LogP contribution in [0.3, 0.4) is 0 Å². The molecule has 0 fully saturated rings. The molecule has 0 aliphatic rings. The van der Waals surface area contributed by atoms with Gasteiger partial charge in [-0.05, 0) is 51.1 Å². The molecule has 0 aliphatic carbocycles. The Morgan fingerprint density at radius 2 is 1.58 bits per heavy atom. The summed E-state index contributed by atoms with van der Waals surface area (Å²) < 4.78 is 3.20. The number of aryl methyl sites for hydroxylation is 2. The largest absolute Gasteiger partial charge is 0.304 e. The van der Waals surface area contributed by atoms with Crippen LogP contribution in [-0.4, -0.2) is 31.3 Å². The molecular weight excluding hydrogens is 414 g/mol. The van der Waals surface area contributed by atoms with Crippen LogP contribution in [0.15, 0.2) is 60.7 Å². The van der Waals surface area contributed by atoms with Crippen molar-refractivity contribution in [3.63, 3.8) is 0 Å². The van der Waals surface area contributed by atoms with Crippen LogP contribution in [0.1, 0.15) is 27.4 Å². The number of anilines is 1. The smallest absolute Gasteiger partial charge is 0.298 e. The van der Waals surface area contributed by atoms with Crippen molar-refractivity contribution in [2.45, 2.75) is 20.8 Å². The zero-order valence-corrected chi connectivity index (χ0v) is 18.0. The lowest BCUT2D eigenvalue weighted by Gasteiger charge is -2.09. The molecule has 0 spiro atoms. The quantitative estimate of drug-likeness (QED) is 0.372. The summed E-state index contributed by atoms with van der Waals surface area (Å²) in [5, 5.41) is 12.1. The van der Waals surface area contributed by atoms with E-state index in [9.17, 15) is 9.59 Å². The molecule has 156 valence electrons. The van der Waals surface area contributed by atoms with Crippen LogP contribution < -0.4 is 5.32 Å². The molecule has 4 aromatic rings. The number of ketones is 1. The van der Waals surface area contributed by atoms with E-state index in [0.29, 0.717) is 33.6 Å². The molecule has 0 saturated carbocycles. The van der Waals surface area contributed by atoms with Gasteiger partial charge in [0.25, 0.3) is 11.7 Å². The number of nitrogens with zero attached hydrogens (tertiary/aromatic N) is 4. The zero-order chi connectivity index (χ0) is 22.1. The van der Waals surface area contributed by atoms with Crippen molar-refractivity contribution in [2.75, 3.05) is 5.32 Å². The highest BCUT2D eigenvalue weighted by atomic mass is 35.5. The first-order valence-corrected chi connectivity index (χ1v) is 10.0. The topological polar surface area (TPSA) is 81.8 Å². The highest BCUT2D eigenvalue weighted by Crippen LogP contribution is 2.22. The monoisotopic (exact) mass is 433 g/mol. The normalized spacial score (nSPS) is 10.8. The number of hydrogen-bond donors (Lipinski definition) is 1. The molecular formula is C23H20ClN5O2. The Labute approximate surface area is 184 Å². The third-order valence-electron chi connectivity index (χ3n) is 4.85. The molecule has 0 aliphatic heterocycles. The average molecular weight is 434 g/mol. The van der Waals surface area contributed by atoms with Gasteiger partial charge in [-0.15, -0.1) is 0 Å². The number of amides is 1. The van der Waals surface area contributed by atoms with E-state index in [1.165, 1.54) is 0 Å². The van der Waals surface area contributed by atoms with Gasteiger partial charge >= 0.3 is 0 Å². The predicted octanol–water partition coefficient (Wildman–Crippen LogP) is 4.46. The van der Waals surface area contributed by atoms with Gasteiger partial charge in [0.05, 0.1) is 34.0 Å². The second kappa shape index (κ2) is 8.20. The van der Waals surface area contributed by atoms with Crippen LogP contribution in [0.5, 0.6) is 0 Å². The van der Waals surface area contributed by atoms with E-state index < -0.39 is 11.7 Å². The number of hydrogen-bond acceptors (Lipinski definition) is 4. The van der Waals surface area contributed by atoms with Gasteiger partial charge in [0.1, 0.15) is 5.82 Å². The first kappa shape index (κ1) is 20.6. The fraction of sp³-hybridized carbons (Fsp3) is 0.130. The van der Waals surface area contributed by atoms with E-state index in [1.54, 1.807) is 54.4 Å². The van der Waals surface area contributed by atoms with Crippen molar-refractivity contribution in [1.29, 1.82) is 0 Å². The molecule has 0 saturated heterocycles. The third-order valence-corrected chi connectivity index (χ3v) is 5.09. The number of carbonyl (C=O) groups is 2. The number of rotatable bonds is 5. The van der Waals surface area contributed by atoms with Crippen molar-refractivity contribution in [3.8, 4) is 11.4 Å². The molecule has 8 heteroatoms. The second-order valence-corrected chi connectivity index (χ2v) is 7.58. The maximum atomic E-state index is 13.0. The Balaban J connectivity index is 1.64. The third kappa shape index (κ3) is 4.00. The summed E-state index contributed by atoms with van der Waals surface area (Å²) >= 11 is 6.09. The van der Waals surface area contributed by atoms with Crippen LogP contribution in [-0.2, 0) is 4.79 Å². The average Bonchev–Trinajstić information content (AvgIpc) is 3.26. The molecule has 7 nitrogen and oxygen atoms in total. The Morgan fingerprint density at radius 3 is 2.29 bits per heavy atom. The summed E-state index contributed by atoms with van der Waals surface area (Å²) in [6, 6.07) is 18.2. The van der Waals surface area contributed by atoms with Gasteiger partial charge in [0.15, 0.2) is 0 Å². The molecule has 31 heavy (non-hydrogen) atoms. The van der Waals surface area contributed by atoms with E-state index >= 15 is 0 Å². The molecule has 1 N–H and O–H groups in total. The lowest BCUT2D eigenvalue weighted by Crippen LogP contribution is -2.25. The SMILES string of the molecule is Cc1cc(NC(=O)C(=O)c2c(C)nn(-c3ccccc3)c2C)n(-c2cccc(Cl)c2)n1. The number of halogens is 1. The molecule has 1 amide bonds. The maximum absolute atomic E-state index is 13.0. The molecule has 2 aromatic carbocycles. The molecule has 0 radical (unpaired) electrons. The number of aromatic nitrogens is 4. The number of Topliss-reactive ketones (excluding diaryl/α,β-unsaturated/α-hetero) is 1. The number of nitrogens with one attached hydrogen (secondary N) is 1. The van der Waals surface area contributed by atoms with Gasteiger partial charge < -0.3 is 5.32 Å². The predicted molar refractivity (Wildman–Crippen MR) is 119 cm³/mol.